The summed E-state index contributed by atoms with van der Waals surface area (Å²) in [6.07, 6.45) is 4.02. The zero-order valence-corrected chi connectivity index (χ0v) is 18.9. The minimum Gasteiger partial charge on any atom is -0.352 e. The molecule has 1 fully saturated rings. The van der Waals surface area contributed by atoms with Crippen LogP contribution in [-0.4, -0.2) is 40.2 Å². The highest BCUT2D eigenvalue weighted by molar-refractivity contribution is 9.10. The van der Waals surface area contributed by atoms with Crippen LogP contribution in [0.15, 0.2) is 52.4 Å². The van der Waals surface area contributed by atoms with Gasteiger partial charge >= 0.3 is 0 Å². The Hall–Kier alpha value is -1.96. The monoisotopic (exact) mass is 472 g/mol. The number of hydrogen-bond donors (Lipinski definition) is 1. The van der Waals surface area contributed by atoms with Crippen LogP contribution in [0, 0.1) is 12.8 Å². The highest BCUT2D eigenvalue weighted by atomic mass is 79.9. The lowest BCUT2D eigenvalue weighted by molar-refractivity contribution is 0.0930. The molecule has 0 spiro atoms. The zero-order chi connectivity index (χ0) is 20.2. The fourth-order valence-electron chi connectivity index (χ4n) is 3.89. The van der Waals surface area contributed by atoms with E-state index in [0.717, 1.165) is 35.5 Å². The van der Waals surface area contributed by atoms with Crippen LogP contribution in [0.2, 0.25) is 0 Å². The first kappa shape index (κ1) is 20.3. The molecule has 1 aliphatic heterocycles. The molecule has 0 bridgehead atoms. The molecule has 1 aromatic carbocycles. The van der Waals surface area contributed by atoms with E-state index in [2.05, 4.69) is 48.8 Å². The number of benzene rings is 1. The standard InChI is InChI=1S/C22H25BrN4OS/c1-16-21(13-25-27(16)19-8-6-18(23)7-9-19)22(28)24-12-17-4-2-10-26(14-17)15-20-5-3-11-29-20/h3,5-9,11,13,17H,2,4,10,12,14-15H2,1H3,(H,24,28). The smallest absolute Gasteiger partial charge is 0.254 e. The Morgan fingerprint density at radius 1 is 1.31 bits per heavy atom. The van der Waals surface area contributed by atoms with Crippen molar-refractivity contribution in [1.29, 1.82) is 0 Å². The van der Waals surface area contributed by atoms with Crippen LogP contribution in [-0.2, 0) is 6.54 Å². The molecule has 1 N–H and O–H groups in total. The molecule has 5 nitrogen and oxygen atoms in total. The number of likely N-dealkylation sites (tertiary alicyclic amines) is 1. The lowest BCUT2D eigenvalue weighted by Crippen LogP contribution is -2.40. The van der Waals surface area contributed by atoms with Crippen molar-refractivity contribution in [3.05, 3.63) is 68.6 Å². The van der Waals surface area contributed by atoms with Crippen LogP contribution in [0.3, 0.4) is 0 Å². The summed E-state index contributed by atoms with van der Waals surface area (Å²) in [6, 6.07) is 12.2. The molecule has 1 unspecified atom stereocenters. The second-order valence-corrected chi connectivity index (χ2v) is 9.51. The molecule has 0 saturated carbocycles. The van der Waals surface area contributed by atoms with Crippen LogP contribution >= 0.6 is 27.3 Å². The van der Waals surface area contributed by atoms with Crippen molar-refractivity contribution in [3.8, 4) is 5.69 Å². The van der Waals surface area contributed by atoms with E-state index in [-0.39, 0.29) is 5.91 Å². The molecular formula is C22H25BrN4OS. The summed E-state index contributed by atoms with van der Waals surface area (Å²) >= 11 is 5.26. The average molecular weight is 473 g/mol. The van der Waals surface area contributed by atoms with Crippen molar-refractivity contribution >= 4 is 33.2 Å². The first-order chi connectivity index (χ1) is 14.1. The molecule has 3 heterocycles. The number of carbonyl (C=O) groups excluding carboxylic acids is 1. The minimum atomic E-state index is -0.0405. The number of nitrogens with one attached hydrogen (secondary N) is 1. The van der Waals surface area contributed by atoms with Crippen molar-refractivity contribution in [1.82, 2.24) is 20.0 Å². The van der Waals surface area contributed by atoms with Gasteiger partial charge in [0.15, 0.2) is 0 Å². The molecule has 2 aromatic heterocycles. The second kappa shape index (κ2) is 9.24. The van der Waals surface area contributed by atoms with Gasteiger partial charge in [-0.05, 0) is 67.9 Å². The highest BCUT2D eigenvalue weighted by Gasteiger charge is 2.22. The molecule has 1 aliphatic rings. The molecule has 4 rings (SSSR count). The lowest BCUT2D eigenvalue weighted by atomic mass is 9.98. The average Bonchev–Trinajstić information content (AvgIpc) is 3.37. The van der Waals surface area contributed by atoms with Crippen LogP contribution < -0.4 is 5.32 Å². The fourth-order valence-corrected chi connectivity index (χ4v) is 4.90. The van der Waals surface area contributed by atoms with E-state index in [9.17, 15) is 4.79 Å². The van der Waals surface area contributed by atoms with Crippen molar-refractivity contribution < 1.29 is 4.79 Å². The van der Waals surface area contributed by atoms with Crippen LogP contribution in [0.1, 0.15) is 33.8 Å². The summed E-state index contributed by atoms with van der Waals surface area (Å²) in [5, 5.41) is 9.69. The van der Waals surface area contributed by atoms with Gasteiger partial charge in [-0.15, -0.1) is 11.3 Å². The number of halogens is 1. The van der Waals surface area contributed by atoms with Gasteiger partial charge in [-0.1, -0.05) is 22.0 Å². The first-order valence-corrected chi connectivity index (χ1v) is 11.6. The third-order valence-electron chi connectivity index (χ3n) is 5.44. The van der Waals surface area contributed by atoms with Gasteiger partial charge in [0.25, 0.3) is 5.91 Å². The molecule has 0 radical (unpaired) electrons. The van der Waals surface area contributed by atoms with Gasteiger partial charge in [0.1, 0.15) is 0 Å². The Morgan fingerprint density at radius 3 is 2.90 bits per heavy atom. The summed E-state index contributed by atoms with van der Waals surface area (Å²) in [4.78, 5) is 16.7. The van der Waals surface area contributed by atoms with Crippen molar-refractivity contribution in [3.63, 3.8) is 0 Å². The van der Waals surface area contributed by atoms with Gasteiger partial charge in [-0.2, -0.15) is 5.10 Å². The minimum absolute atomic E-state index is 0.0405. The van der Waals surface area contributed by atoms with Crippen molar-refractivity contribution in [2.45, 2.75) is 26.3 Å². The molecule has 1 saturated heterocycles. The number of nitrogens with zero attached hydrogens (tertiary/aromatic N) is 3. The highest BCUT2D eigenvalue weighted by Crippen LogP contribution is 2.21. The Balaban J connectivity index is 1.34. The van der Waals surface area contributed by atoms with Crippen LogP contribution in [0.4, 0.5) is 0 Å². The fraction of sp³-hybridized carbons (Fsp3) is 0.364. The maximum absolute atomic E-state index is 12.8. The predicted octanol–water partition coefficient (Wildman–Crippen LogP) is 4.65. The second-order valence-electron chi connectivity index (χ2n) is 7.56. The molecule has 1 atom stereocenters. The molecule has 1 amide bonds. The van der Waals surface area contributed by atoms with Gasteiger partial charge in [-0.25, -0.2) is 4.68 Å². The van der Waals surface area contributed by atoms with Gasteiger partial charge < -0.3 is 5.32 Å². The maximum Gasteiger partial charge on any atom is 0.254 e. The van der Waals surface area contributed by atoms with Gasteiger partial charge in [-0.3, -0.25) is 9.69 Å². The van der Waals surface area contributed by atoms with E-state index in [1.54, 1.807) is 6.20 Å². The van der Waals surface area contributed by atoms with E-state index >= 15 is 0 Å². The number of amides is 1. The topological polar surface area (TPSA) is 50.2 Å². The summed E-state index contributed by atoms with van der Waals surface area (Å²) in [7, 11) is 0. The normalized spacial score (nSPS) is 17.4. The number of aromatic nitrogens is 2. The molecule has 3 aromatic rings. The van der Waals surface area contributed by atoms with Gasteiger partial charge in [0.05, 0.1) is 23.1 Å². The zero-order valence-electron chi connectivity index (χ0n) is 16.5. The third-order valence-corrected chi connectivity index (χ3v) is 6.83. The van der Waals surface area contributed by atoms with E-state index < -0.39 is 0 Å². The Morgan fingerprint density at radius 2 is 2.14 bits per heavy atom. The quantitative estimate of drug-likeness (QED) is 0.567. The lowest BCUT2D eigenvalue weighted by Gasteiger charge is -2.32. The summed E-state index contributed by atoms with van der Waals surface area (Å²) in [5.74, 6) is 0.454. The molecular weight excluding hydrogens is 448 g/mol. The van der Waals surface area contributed by atoms with Crippen LogP contribution in [0.5, 0.6) is 0 Å². The Kier molecular flexibility index (Phi) is 6.47. The number of rotatable bonds is 6. The first-order valence-electron chi connectivity index (χ1n) is 9.93. The number of thiophene rings is 1. The van der Waals surface area contributed by atoms with E-state index in [1.807, 2.05) is 47.2 Å². The summed E-state index contributed by atoms with van der Waals surface area (Å²) in [6.45, 7) is 5.84. The van der Waals surface area contributed by atoms with Crippen LogP contribution in [0.25, 0.3) is 5.69 Å². The largest absolute Gasteiger partial charge is 0.352 e. The number of carbonyl (C=O) groups is 1. The molecule has 0 aliphatic carbocycles. The number of piperidine rings is 1. The van der Waals surface area contributed by atoms with Gasteiger partial charge in [0, 0.05) is 29.0 Å². The predicted molar refractivity (Wildman–Crippen MR) is 121 cm³/mol. The molecule has 29 heavy (non-hydrogen) atoms. The SMILES string of the molecule is Cc1c(C(=O)NCC2CCCN(Cc3cccs3)C2)cnn1-c1ccc(Br)cc1. The maximum atomic E-state index is 12.8. The van der Waals surface area contributed by atoms with E-state index in [0.29, 0.717) is 18.0 Å². The summed E-state index contributed by atoms with van der Waals surface area (Å²) < 4.78 is 2.83. The van der Waals surface area contributed by atoms with E-state index in [4.69, 9.17) is 0 Å². The Labute approximate surface area is 183 Å². The van der Waals surface area contributed by atoms with E-state index in [1.165, 1.54) is 17.7 Å². The molecule has 7 heteroatoms. The third kappa shape index (κ3) is 4.97. The van der Waals surface area contributed by atoms with Gasteiger partial charge in [0.2, 0.25) is 0 Å². The van der Waals surface area contributed by atoms with Crippen molar-refractivity contribution in [2.75, 3.05) is 19.6 Å². The van der Waals surface area contributed by atoms with Crippen molar-refractivity contribution in [2.24, 2.45) is 5.92 Å². The Bertz CT molecular complexity index is 952. The summed E-state index contributed by atoms with van der Waals surface area (Å²) in [5.41, 5.74) is 2.44. The molecule has 152 valence electrons. The number of hydrogen-bond acceptors (Lipinski definition) is 4.